The Balaban J connectivity index is 1.75. The van der Waals surface area contributed by atoms with Crippen LogP contribution >= 0.6 is 0 Å². The Bertz CT molecular complexity index is 713. The molecule has 0 saturated carbocycles. The first kappa shape index (κ1) is 20.5. The molecule has 2 aromatic carbocycles. The highest BCUT2D eigenvalue weighted by atomic mass is 16.5. The molecule has 0 aromatic heterocycles. The van der Waals surface area contributed by atoms with E-state index in [9.17, 15) is 9.59 Å². The second-order valence-corrected chi connectivity index (χ2v) is 6.03. The number of carbonyl (C=O) groups excluding carboxylic acids is 2. The average molecular weight is 369 g/mol. The molecule has 0 spiro atoms. The second-order valence-electron chi connectivity index (χ2n) is 6.03. The molecule has 0 atom stereocenters. The number of ether oxygens (including phenoxy) is 1. The summed E-state index contributed by atoms with van der Waals surface area (Å²) in [5, 5.41) is 5.24. The predicted molar refractivity (Wildman–Crippen MR) is 107 cm³/mol. The lowest BCUT2D eigenvalue weighted by atomic mass is 10.3. The van der Waals surface area contributed by atoms with Gasteiger partial charge in [-0.05, 0) is 62.5 Å². The topological polar surface area (TPSA) is 70.7 Å². The standard InChI is InChI=1S/C21H27N3O3/c1-3-24(4-2)16-8-15-22-20(25)21(26)23-17-11-13-19(14-12-17)27-18-9-6-5-7-10-18/h5-7,9-14H,3-4,8,15-16H2,1-2H3,(H,22,25)(H,23,26). The van der Waals surface area contributed by atoms with Crippen molar-refractivity contribution in [2.45, 2.75) is 20.3 Å². The molecular weight excluding hydrogens is 342 g/mol. The maximum Gasteiger partial charge on any atom is 0.313 e. The van der Waals surface area contributed by atoms with E-state index < -0.39 is 11.8 Å². The fraction of sp³-hybridized carbons (Fsp3) is 0.333. The van der Waals surface area contributed by atoms with Crippen molar-refractivity contribution in [3.8, 4) is 11.5 Å². The van der Waals surface area contributed by atoms with Gasteiger partial charge in [-0.2, -0.15) is 0 Å². The molecular formula is C21H27N3O3. The summed E-state index contributed by atoms with van der Waals surface area (Å²) in [5.41, 5.74) is 0.540. The Kier molecular flexibility index (Phi) is 8.32. The van der Waals surface area contributed by atoms with Crippen molar-refractivity contribution >= 4 is 17.5 Å². The summed E-state index contributed by atoms with van der Waals surface area (Å²) in [5.74, 6) is 0.0900. The monoisotopic (exact) mass is 369 g/mol. The summed E-state index contributed by atoms with van der Waals surface area (Å²) < 4.78 is 5.69. The van der Waals surface area contributed by atoms with Crippen LogP contribution < -0.4 is 15.4 Å². The Morgan fingerprint density at radius 1 is 0.889 bits per heavy atom. The lowest BCUT2D eigenvalue weighted by Gasteiger charge is -2.17. The van der Waals surface area contributed by atoms with Gasteiger partial charge in [-0.3, -0.25) is 9.59 Å². The van der Waals surface area contributed by atoms with Gasteiger partial charge in [-0.25, -0.2) is 0 Å². The quantitative estimate of drug-likeness (QED) is 0.526. The van der Waals surface area contributed by atoms with Gasteiger partial charge < -0.3 is 20.3 Å². The van der Waals surface area contributed by atoms with Crippen LogP contribution in [0.5, 0.6) is 11.5 Å². The summed E-state index contributed by atoms with van der Waals surface area (Å²) >= 11 is 0. The molecule has 0 aliphatic rings. The van der Waals surface area contributed by atoms with E-state index in [2.05, 4.69) is 29.4 Å². The third-order valence-electron chi connectivity index (χ3n) is 4.13. The molecule has 0 heterocycles. The highest BCUT2D eigenvalue weighted by Crippen LogP contribution is 2.22. The van der Waals surface area contributed by atoms with Gasteiger partial charge in [0, 0.05) is 12.2 Å². The van der Waals surface area contributed by atoms with Crippen LogP contribution in [-0.4, -0.2) is 42.9 Å². The van der Waals surface area contributed by atoms with Gasteiger partial charge >= 0.3 is 11.8 Å². The Morgan fingerprint density at radius 3 is 2.15 bits per heavy atom. The second kappa shape index (κ2) is 11.0. The molecule has 2 amide bonds. The molecule has 0 fully saturated rings. The fourth-order valence-corrected chi connectivity index (χ4v) is 2.54. The maximum atomic E-state index is 12.0. The van der Waals surface area contributed by atoms with Crippen LogP contribution in [0.25, 0.3) is 0 Å². The van der Waals surface area contributed by atoms with Crippen molar-refractivity contribution in [2.24, 2.45) is 0 Å². The third-order valence-corrected chi connectivity index (χ3v) is 4.13. The van der Waals surface area contributed by atoms with Crippen LogP contribution in [0, 0.1) is 0 Å². The zero-order valence-electron chi connectivity index (χ0n) is 15.9. The molecule has 2 aromatic rings. The van der Waals surface area contributed by atoms with E-state index in [-0.39, 0.29) is 0 Å². The maximum absolute atomic E-state index is 12.0. The largest absolute Gasteiger partial charge is 0.457 e. The van der Waals surface area contributed by atoms with Crippen molar-refractivity contribution in [3.05, 3.63) is 54.6 Å². The molecule has 6 heteroatoms. The van der Waals surface area contributed by atoms with E-state index in [0.29, 0.717) is 18.0 Å². The molecule has 27 heavy (non-hydrogen) atoms. The van der Waals surface area contributed by atoms with Crippen molar-refractivity contribution < 1.29 is 14.3 Å². The molecule has 0 aliphatic carbocycles. The van der Waals surface area contributed by atoms with E-state index in [1.807, 2.05) is 30.3 Å². The van der Waals surface area contributed by atoms with E-state index >= 15 is 0 Å². The van der Waals surface area contributed by atoms with Crippen LogP contribution in [-0.2, 0) is 9.59 Å². The Hall–Kier alpha value is -2.86. The van der Waals surface area contributed by atoms with Crippen LogP contribution in [0.1, 0.15) is 20.3 Å². The highest BCUT2D eigenvalue weighted by molar-refractivity contribution is 6.39. The van der Waals surface area contributed by atoms with Crippen molar-refractivity contribution in [1.82, 2.24) is 10.2 Å². The molecule has 0 aliphatic heterocycles. The number of carbonyl (C=O) groups is 2. The smallest absolute Gasteiger partial charge is 0.313 e. The number of rotatable bonds is 9. The van der Waals surface area contributed by atoms with E-state index in [4.69, 9.17) is 4.74 Å². The molecule has 6 nitrogen and oxygen atoms in total. The minimum absolute atomic E-state index is 0.479. The first-order valence-corrected chi connectivity index (χ1v) is 9.26. The summed E-state index contributed by atoms with van der Waals surface area (Å²) in [7, 11) is 0. The zero-order chi connectivity index (χ0) is 19.5. The van der Waals surface area contributed by atoms with Gasteiger partial charge in [0.25, 0.3) is 0 Å². The predicted octanol–water partition coefficient (Wildman–Crippen LogP) is 3.27. The summed E-state index contributed by atoms with van der Waals surface area (Å²) in [6.07, 6.45) is 0.812. The number of para-hydroxylation sites is 1. The molecule has 0 bridgehead atoms. The summed E-state index contributed by atoms with van der Waals surface area (Å²) in [6.45, 7) is 7.55. The van der Waals surface area contributed by atoms with Gasteiger partial charge in [-0.1, -0.05) is 32.0 Å². The van der Waals surface area contributed by atoms with Crippen molar-refractivity contribution in [2.75, 3.05) is 31.5 Å². The van der Waals surface area contributed by atoms with E-state index in [1.165, 1.54) is 0 Å². The third kappa shape index (κ3) is 7.11. The number of benzene rings is 2. The molecule has 144 valence electrons. The minimum Gasteiger partial charge on any atom is -0.457 e. The SMILES string of the molecule is CCN(CC)CCCNC(=O)C(=O)Nc1ccc(Oc2ccccc2)cc1. The molecule has 0 unspecified atom stereocenters. The number of hydrogen-bond acceptors (Lipinski definition) is 4. The zero-order valence-corrected chi connectivity index (χ0v) is 15.9. The van der Waals surface area contributed by atoms with Crippen molar-refractivity contribution in [1.29, 1.82) is 0 Å². The Labute approximate surface area is 160 Å². The number of anilines is 1. The minimum atomic E-state index is -0.672. The van der Waals surface area contributed by atoms with Crippen LogP contribution in [0.3, 0.4) is 0 Å². The molecule has 0 radical (unpaired) electrons. The number of hydrogen-bond donors (Lipinski definition) is 2. The first-order chi connectivity index (χ1) is 13.1. The summed E-state index contributed by atoms with van der Waals surface area (Å²) in [4.78, 5) is 26.1. The first-order valence-electron chi connectivity index (χ1n) is 9.26. The van der Waals surface area contributed by atoms with Crippen LogP contribution in [0.4, 0.5) is 5.69 Å². The lowest BCUT2D eigenvalue weighted by Crippen LogP contribution is -2.37. The highest BCUT2D eigenvalue weighted by Gasteiger charge is 2.13. The summed E-state index contributed by atoms with van der Waals surface area (Å²) in [6, 6.07) is 16.3. The van der Waals surface area contributed by atoms with E-state index in [0.717, 1.165) is 31.8 Å². The Morgan fingerprint density at radius 2 is 1.52 bits per heavy atom. The van der Waals surface area contributed by atoms with Crippen LogP contribution in [0.2, 0.25) is 0 Å². The van der Waals surface area contributed by atoms with E-state index in [1.54, 1.807) is 24.3 Å². The van der Waals surface area contributed by atoms with Gasteiger partial charge in [-0.15, -0.1) is 0 Å². The fourth-order valence-electron chi connectivity index (χ4n) is 2.54. The van der Waals surface area contributed by atoms with Gasteiger partial charge in [0.1, 0.15) is 11.5 Å². The molecule has 2 rings (SSSR count). The lowest BCUT2D eigenvalue weighted by molar-refractivity contribution is -0.136. The molecule has 2 N–H and O–H groups in total. The van der Waals surface area contributed by atoms with Crippen molar-refractivity contribution in [3.63, 3.8) is 0 Å². The number of nitrogens with zero attached hydrogens (tertiary/aromatic N) is 1. The molecule has 0 saturated heterocycles. The normalized spacial score (nSPS) is 10.5. The van der Waals surface area contributed by atoms with Gasteiger partial charge in [0.2, 0.25) is 0 Å². The van der Waals surface area contributed by atoms with Gasteiger partial charge in [0.15, 0.2) is 0 Å². The van der Waals surface area contributed by atoms with Gasteiger partial charge in [0.05, 0.1) is 0 Å². The van der Waals surface area contributed by atoms with Crippen LogP contribution in [0.15, 0.2) is 54.6 Å². The number of amides is 2. The average Bonchev–Trinajstić information content (AvgIpc) is 2.70. The number of nitrogens with one attached hydrogen (secondary N) is 2.